The Morgan fingerprint density at radius 3 is 2.50 bits per heavy atom. The molecule has 1 saturated heterocycles. The molecule has 106 valence electrons. The molecule has 0 aromatic heterocycles. The average molecular weight is 272 g/mol. The zero-order valence-electron chi connectivity index (χ0n) is 11.8. The molecule has 1 aromatic rings. The van der Waals surface area contributed by atoms with Crippen LogP contribution < -0.4 is 10.6 Å². The van der Waals surface area contributed by atoms with Crippen LogP contribution in [0.2, 0.25) is 0 Å². The third-order valence-corrected chi connectivity index (χ3v) is 4.39. The van der Waals surface area contributed by atoms with Crippen molar-refractivity contribution in [2.45, 2.75) is 38.8 Å². The van der Waals surface area contributed by atoms with Gasteiger partial charge in [-0.05, 0) is 32.3 Å². The largest absolute Gasteiger partial charge is 0.350 e. The Morgan fingerprint density at radius 2 is 1.90 bits per heavy atom. The second-order valence-corrected chi connectivity index (χ2v) is 6.34. The number of nitrogens with one attached hydrogen (secondary N) is 2. The van der Waals surface area contributed by atoms with Gasteiger partial charge < -0.3 is 10.6 Å². The minimum atomic E-state index is -0.592. The molecule has 4 heteroatoms. The van der Waals surface area contributed by atoms with E-state index in [2.05, 4.69) is 10.6 Å². The van der Waals surface area contributed by atoms with Crippen LogP contribution in [0.25, 0.3) is 0 Å². The van der Waals surface area contributed by atoms with E-state index in [0.717, 1.165) is 18.4 Å². The summed E-state index contributed by atoms with van der Waals surface area (Å²) in [5.41, 5.74) is 0.443. The maximum absolute atomic E-state index is 12.2. The SMILES string of the molecule is CC1(C)C(=O)NC(c2ccccc2)C1NC(=O)C1CC1. The van der Waals surface area contributed by atoms with Crippen molar-refractivity contribution in [1.29, 1.82) is 0 Å². The van der Waals surface area contributed by atoms with Crippen LogP contribution in [0.3, 0.4) is 0 Å². The van der Waals surface area contributed by atoms with Crippen molar-refractivity contribution >= 4 is 11.8 Å². The number of carbonyl (C=O) groups excluding carboxylic acids is 2. The van der Waals surface area contributed by atoms with Crippen molar-refractivity contribution in [2.24, 2.45) is 11.3 Å². The van der Waals surface area contributed by atoms with E-state index >= 15 is 0 Å². The van der Waals surface area contributed by atoms with Gasteiger partial charge in [0, 0.05) is 5.92 Å². The molecule has 2 N–H and O–H groups in total. The van der Waals surface area contributed by atoms with Crippen molar-refractivity contribution < 1.29 is 9.59 Å². The van der Waals surface area contributed by atoms with Crippen LogP contribution in [0.4, 0.5) is 0 Å². The lowest BCUT2D eigenvalue weighted by Gasteiger charge is -2.28. The molecule has 2 fully saturated rings. The zero-order chi connectivity index (χ0) is 14.3. The van der Waals surface area contributed by atoms with Crippen molar-refractivity contribution in [3.63, 3.8) is 0 Å². The lowest BCUT2D eigenvalue weighted by molar-refractivity contribution is -0.127. The zero-order valence-corrected chi connectivity index (χ0v) is 11.8. The van der Waals surface area contributed by atoms with Crippen LogP contribution in [0.5, 0.6) is 0 Å². The maximum Gasteiger partial charge on any atom is 0.228 e. The van der Waals surface area contributed by atoms with E-state index in [-0.39, 0.29) is 29.8 Å². The third kappa shape index (κ3) is 2.19. The van der Waals surface area contributed by atoms with E-state index in [1.165, 1.54) is 0 Å². The van der Waals surface area contributed by atoms with Crippen molar-refractivity contribution in [2.75, 3.05) is 0 Å². The first-order valence-corrected chi connectivity index (χ1v) is 7.16. The van der Waals surface area contributed by atoms with Gasteiger partial charge in [-0.25, -0.2) is 0 Å². The Balaban J connectivity index is 1.87. The van der Waals surface area contributed by atoms with E-state index < -0.39 is 5.41 Å². The van der Waals surface area contributed by atoms with Gasteiger partial charge in [-0.2, -0.15) is 0 Å². The molecule has 0 bridgehead atoms. The molecule has 1 aliphatic carbocycles. The minimum Gasteiger partial charge on any atom is -0.350 e. The quantitative estimate of drug-likeness (QED) is 0.881. The molecule has 2 amide bonds. The van der Waals surface area contributed by atoms with Crippen LogP contribution in [-0.4, -0.2) is 17.9 Å². The Hall–Kier alpha value is -1.84. The fraction of sp³-hybridized carbons (Fsp3) is 0.500. The number of hydrogen-bond donors (Lipinski definition) is 2. The highest BCUT2D eigenvalue weighted by atomic mass is 16.2. The standard InChI is InChI=1S/C16H20N2O2/c1-16(2)13(18-14(19)11-8-9-11)12(17-15(16)20)10-6-4-3-5-7-10/h3-7,11-13H,8-9H2,1-2H3,(H,17,20)(H,18,19). The van der Waals surface area contributed by atoms with Gasteiger partial charge in [-0.1, -0.05) is 30.3 Å². The van der Waals surface area contributed by atoms with E-state index in [1.807, 2.05) is 44.2 Å². The first kappa shape index (κ1) is 13.2. The Morgan fingerprint density at radius 1 is 1.25 bits per heavy atom. The number of carbonyl (C=O) groups is 2. The molecule has 1 saturated carbocycles. The van der Waals surface area contributed by atoms with Crippen LogP contribution in [0.1, 0.15) is 38.3 Å². The molecule has 0 spiro atoms. The molecule has 2 atom stereocenters. The lowest BCUT2D eigenvalue weighted by atomic mass is 9.82. The predicted molar refractivity (Wildman–Crippen MR) is 75.8 cm³/mol. The van der Waals surface area contributed by atoms with Crippen molar-refractivity contribution in [3.05, 3.63) is 35.9 Å². The van der Waals surface area contributed by atoms with E-state index in [1.54, 1.807) is 0 Å². The summed E-state index contributed by atoms with van der Waals surface area (Å²) in [6.45, 7) is 3.78. The van der Waals surface area contributed by atoms with Crippen LogP contribution >= 0.6 is 0 Å². The number of benzene rings is 1. The monoisotopic (exact) mass is 272 g/mol. The highest BCUT2D eigenvalue weighted by molar-refractivity contribution is 5.88. The molecule has 1 aliphatic heterocycles. The van der Waals surface area contributed by atoms with E-state index in [4.69, 9.17) is 0 Å². The van der Waals surface area contributed by atoms with Crippen molar-refractivity contribution in [1.82, 2.24) is 10.6 Å². The summed E-state index contributed by atoms with van der Waals surface area (Å²) in [6.07, 6.45) is 1.94. The van der Waals surface area contributed by atoms with E-state index in [0.29, 0.717) is 0 Å². The summed E-state index contributed by atoms with van der Waals surface area (Å²) in [5, 5.41) is 6.11. The number of amides is 2. The Kier molecular flexibility index (Phi) is 3.04. The summed E-state index contributed by atoms with van der Waals surface area (Å²) in [6, 6.07) is 9.47. The summed E-state index contributed by atoms with van der Waals surface area (Å²) in [4.78, 5) is 24.3. The average Bonchev–Trinajstić information content (AvgIpc) is 3.24. The molecule has 20 heavy (non-hydrogen) atoms. The normalized spacial score (nSPS) is 28.0. The van der Waals surface area contributed by atoms with Gasteiger partial charge in [0.2, 0.25) is 11.8 Å². The summed E-state index contributed by atoms with van der Waals surface area (Å²) in [5.74, 6) is 0.228. The van der Waals surface area contributed by atoms with Gasteiger partial charge in [0.05, 0.1) is 17.5 Å². The Labute approximate surface area is 118 Å². The second kappa shape index (κ2) is 4.62. The molecule has 2 aliphatic rings. The van der Waals surface area contributed by atoms with Crippen LogP contribution in [-0.2, 0) is 9.59 Å². The predicted octanol–water partition coefficient (Wildman–Crippen LogP) is 1.78. The van der Waals surface area contributed by atoms with Gasteiger partial charge >= 0.3 is 0 Å². The van der Waals surface area contributed by atoms with Crippen molar-refractivity contribution in [3.8, 4) is 0 Å². The molecular formula is C16H20N2O2. The highest BCUT2D eigenvalue weighted by Crippen LogP contribution is 2.38. The molecule has 2 unspecified atom stereocenters. The number of hydrogen-bond acceptors (Lipinski definition) is 2. The third-order valence-electron chi connectivity index (χ3n) is 4.39. The highest BCUT2D eigenvalue weighted by Gasteiger charge is 2.50. The fourth-order valence-electron chi connectivity index (χ4n) is 2.79. The summed E-state index contributed by atoms with van der Waals surface area (Å²) < 4.78 is 0. The molecular weight excluding hydrogens is 252 g/mol. The maximum atomic E-state index is 12.2. The van der Waals surface area contributed by atoms with Gasteiger partial charge in [-0.15, -0.1) is 0 Å². The first-order chi connectivity index (χ1) is 9.50. The molecule has 0 radical (unpaired) electrons. The lowest BCUT2D eigenvalue weighted by Crippen LogP contribution is -2.46. The Bertz CT molecular complexity index is 535. The topological polar surface area (TPSA) is 58.2 Å². The summed E-state index contributed by atoms with van der Waals surface area (Å²) in [7, 11) is 0. The molecule has 1 aromatic carbocycles. The van der Waals surface area contributed by atoms with Gasteiger partial charge in [0.1, 0.15) is 0 Å². The summed E-state index contributed by atoms with van der Waals surface area (Å²) >= 11 is 0. The fourth-order valence-corrected chi connectivity index (χ4v) is 2.79. The van der Waals surface area contributed by atoms with E-state index in [9.17, 15) is 9.59 Å². The minimum absolute atomic E-state index is 0.00699. The number of rotatable bonds is 3. The first-order valence-electron chi connectivity index (χ1n) is 7.16. The van der Waals surface area contributed by atoms with Crippen LogP contribution in [0, 0.1) is 11.3 Å². The van der Waals surface area contributed by atoms with Gasteiger partial charge in [-0.3, -0.25) is 9.59 Å². The molecule has 1 heterocycles. The van der Waals surface area contributed by atoms with Crippen LogP contribution in [0.15, 0.2) is 30.3 Å². The van der Waals surface area contributed by atoms with Gasteiger partial charge in [0.15, 0.2) is 0 Å². The second-order valence-electron chi connectivity index (χ2n) is 6.34. The van der Waals surface area contributed by atoms with Gasteiger partial charge in [0.25, 0.3) is 0 Å². The molecule has 4 nitrogen and oxygen atoms in total. The smallest absolute Gasteiger partial charge is 0.228 e. The molecule has 3 rings (SSSR count).